The Labute approximate surface area is 181 Å². The summed E-state index contributed by atoms with van der Waals surface area (Å²) in [6, 6.07) is 2.74. The molecule has 29 heavy (non-hydrogen) atoms. The number of halogens is 1. The Kier molecular flexibility index (Phi) is 7.34. The summed E-state index contributed by atoms with van der Waals surface area (Å²) in [6.45, 7) is 6.08. The van der Waals surface area contributed by atoms with E-state index in [9.17, 15) is 0 Å². The Hall–Kier alpha value is -0.870. The first-order valence-electron chi connectivity index (χ1n) is 10.3. The van der Waals surface area contributed by atoms with Crippen molar-refractivity contribution < 1.29 is 9.47 Å². The van der Waals surface area contributed by atoms with E-state index < -0.39 is 0 Å². The maximum absolute atomic E-state index is 6.40. The van der Waals surface area contributed by atoms with Crippen molar-refractivity contribution in [1.82, 2.24) is 24.7 Å². The van der Waals surface area contributed by atoms with Crippen LogP contribution in [0.25, 0.3) is 10.2 Å². The van der Waals surface area contributed by atoms with Gasteiger partial charge in [-0.25, -0.2) is 9.97 Å². The number of methoxy groups -OCH3 is 1. The highest BCUT2D eigenvalue weighted by atomic mass is 35.5. The fourth-order valence-electron chi connectivity index (χ4n) is 4.36. The molecule has 0 spiro atoms. The van der Waals surface area contributed by atoms with E-state index in [1.54, 1.807) is 24.8 Å². The van der Waals surface area contributed by atoms with Gasteiger partial charge in [0.15, 0.2) is 0 Å². The fraction of sp³-hybridized carbons (Fsp3) is 0.700. The van der Waals surface area contributed by atoms with Gasteiger partial charge in [0.25, 0.3) is 0 Å². The number of morpholine rings is 1. The standard InChI is InChI=1S/C20H30ClN5O2S/c1-24-5-3-15(4-6-24)26(8-9-27-2)20(25-7-10-28-19(21)13-25)17-11-16-18(29-17)12-22-14-23-16/h11-12,14-15,19-20H,3-10,13H2,1-2H3. The molecule has 2 saturated heterocycles. The molecule has 2 aromatic heterocycles. The summed E-state index contributed by atoms with van der Waals surface area (Å²) in [5.74, 6) is 0. The summed E-state index contributed by atoms with van der Waals surface area (Å²) >= 11 is 8.19. The van der Waals surface area contributed by atoms with Gasteiger partial charge in [0.05, 0.1) is 29.6 Å². The van der Waals surface area contributed by atoms with Gasteiger partial charge in [-0.15, -0.1) is 11.3 Å². The first-order chi connectivity index (χ1) is 14.2. The van der Waals surface area contributed by atoms with E-state index in [1.807, 2.05) is 6.20 Å². The van der Waals surface area contributed by atoms with E-state index in [1.165, 1.54) is 4.88 Å². The number of fused-ring (bicyclic) bond motifs is 1. The molecule has 4 rings (SSSR count). The van der Waals surface area contributed by atoms with Gasteiger partial charge in [-0.2, -0.15) is 0 Å². The number of nitrogens with zero attached hydrogens (tertiary/aromatic N) is 5. The molecule has 4 heterocycles. The van der Waals surface area contributed by atoms with Crippen LogP contribution in [0.3, 0.4) is 0 Å². The molecule has 2 unspecified atom stereocenters. The third kappa shape index (κ3) is 5.07. The van der Waals surface area contributed by atoms with Crippen molar-refractivity contribution in [3.05, 3.63) is 23.5 Å². The quantitative estimate of drug-likeness (QED) is 0.614. The highest BCUT2D eigenvalue weighted by Gasteiger charge is 2.36. The lowest BCUT2D eigenvalue weighted by molar-refractivity contribution is -0.0716. The first kappa shape index (κ1) is 21.4. The average molecular weight is 440 g/mol. The zero-order valence-electron chi connectivity index (χ0n) is 17.2. The van der Waals surface area contributed by atoms with Gasteiger partial charge in [0, 0.05) is 43.9 Å². The van der Waals surface area contributed by atoms with Gasteiger partial charge >= 0.3 is 0 Å². The van der Waals surface area contributed by atoms with Crippen molar-refractivity contribution in [3.8, 4) is 0 Å². The Morgan fingerprint density at radius 1 is 1.38 bits per heavy atom. The number of rotatable bonds is 7. The third-order valence-electron chi connectivity index (χ3n) is 5.89. The Morgan fingerprint density at radius 3 is 2.93 bits per heavy atom. The van der Waals surface area contributed by atoms with Gasteiger partial charge in [0.1, 0.15) is 11.9 Å². The molecule has 0 amide bonds. The number of hydrogen-bond donors (Lipinski definition) is 0. The zero-order valence-corrected chi connectivity index (χ0v) is 18.7. The summed E-state index contributed by atoms with van der Waals surface area (Å²) in [5.41, 5.74) is 0.734. The van der Waals surface area contributed by atoms with Crippen molar-refractivity contribution >= 4 is 33.2 Å². The smallest absolute Gasteiger partial charge is 0.143 e. The molecule has 0 aliphatic carbocycles. The minimum absolute atomic E-state index is 0.142. The summed E-state index contributed by atoms with van der Waals surface area (Å²) in [6.07, 6.45) is 6.00. The normalized spacial score (nSPS) is 23.8. The van der Waals surface area contributed by atoms with Crippen LogP contribution >= 0.6 is 22.9 Å². The molecular weight excluding hydrogens is 410 g/mol. The second-order valence-corrected chi connectivity index (χ2v) is 9.44. The van der Waals surface area contributed by atoms with Crippen LogP contribution in [-0.4, -0.2) is 96.4 Å². The van der Waals surface area contributed by atoms with Crippen LogP contribution in [0.2, 0.25) is 0 Å². The van der Waals surface area contributed by atoms with E-state index >= 15 is 0 Å². The van der Waals surface area contributed by atoms with Gasteiger partial charge < -0.3 is 14.4 Å². The summed E-state index contributed by atoms with van der Waals surface area (Å²) in [5, 5.41) is 0. The van der Waals surface area contributed by atoms with Crippen LogP contribution in [-0.2, 0) is 9.47 Å². The van der Waals surface area contributed by atoms with Crippen LogP contribution in [0, 0.1) is 0 Å². The fourth-order valence-corrected chi connectivity index (χ4v) is 5.77. The van der Waals surface area contributed by atoms with Crippen LogP contribution in [0.4, 0.5) is 0 Å². The molecule has 0 saturated carbocycles. The average Bonchev–Trinajstić information content (AvgIpc) is 3.15. The minimum Gasteiger partial charge on any atom is -0.383 e. The lowest BCUT2D eigenvalue weighted by Crippen LogP contribution is -2.54. The van der Waals surface area contributed by atoms with Crippen LogP contribution < -0.4 is 0 Å². The monoisotopic (exact) mass is 439 g/mol. The predicted molar refractivity (Wildman–Crippen MR) is 116 cm³/mol. The zero-order chi connectivity index (χ0) is 20.2. The Bertz CT molecular complexity index is 752. The molecular formula is C20H30ClN5O2S. The van der Waals surface area contributed by atoms with E-state index in [2.05, 4.69) is 37.8 Å². The van der Waals surface area contributed by atoms with Crippen molar-refractivity contribution in [2.24, 2.45) is 0 Å². The van der Waals surface area contributed by atoms with Crippen LogP contribution in [0.15, 0.2) is 18.6 Å². The summed E-state index contributed by atoms with van der Waals surface area (Å²) < 4.78 is 12.2. The molecule has 2 aliphatic rings. The van der Waals surface area contributed by atoms with Gasteiger partial charge in [-0.05, 0) is 39.0 Å². The van der Waals surface area contributed by atoms with Crippen molar-refractivity contribution in [2.75, 3.05) is 60.1 Å². The lowest BCUT2D eigenvalue weighted by Gasteiger charge is -2.47. The second-order valence-electron chi connectivity index (χ2n) is 7.84. The third-order valence-corrected chi connectivity index (χ3v) is 7.26. The Morgan fingerprint density at radius 2 is 2.21 bits per heavy atom. The predicted octanol–water partition coefficient (Wildman–Crippen LogP) is 2.63. The van der Waals surface area contributed by atoms with Crippen molar-refractivity contribution in [1.29, 1.82) is 0 Å². The molecule has 7 nitrogen and oxygen atoms in total. The number of aromatic nitrogens is 2. The minimum atomic E-state index is -0.276. The highest BCUT2D eigenvalue weighted by molar-refractivity contribution is 7.19. The maximum Gasteiger partial charge on any atom is 0.143 e. The molecule has 160 valence electrons. The second kappa shape index (κ2) is 9.96. The van der Waals surface area contributed by atoms with Crippen molar-refractivity contribution in [3.63, 3.8) is 0 Å². The SMILES string of the molecule is COCCN(C1CCN(C)CC1)C(c1cc2ncncc2s1)N1CCOC(Cl)C1. The molecule has 9 heteroatoms. The number of thiophene rings is 1. The summed E-state index contributed by atoms with van der Waals surface area (Å²) in [4.78, 5) is 17.5. The summed E-state index contributed by atoms with van der Waals surface area (Å²) in [7, 11) is 3.98. The molecule has 0 N–H and O–H groups in total. The van der Waals surface area contributed by atoms with E-state index in [0.29, 0.717) is 25.8 Å². The van der Waals surface area contributed by atoms with E-state index in [-0.39, 0.29) is 11.7 Å². The van der Waals surface area contributed by atoms with Crippen LogP contribution in [0.1, 0.15) is 23.9 Å². The largest absolute Gasteiger partial charge is 0.383 e. The number of piperidine rings is 1. The van der Waals surface area contributed by atoms with E-state index in [4.69, 9.17) is 21.1 Å². The molecule has 2 aliphatic heterocycles. The van der Waals surface area contributed by atoms with Crippen LogP contribution in [0.5, 0.6) is 0 Å². The lowest BCUT2D eigenvalue weighted by atomic mass is 10.0. The highest BCUT2D eigenvalue weighted by Crippen LogP contribution is 2.37. The van der Waals surface area contributed by atoms with Gasteiger partial charge in [0.2, 0.25) is 0 Å². The van der Waals surface area contributed by atoms with Gasteiger partial charge in [-0.1, -0.05) is 11.6 Å². The Balaban J connectivity index is 1.69. The topological polar surface area (TPSA) is 54.0 Å². The van der Waals surface area contributed by atoms with Crippen molar-refractivity contribution in [2.45, 2.75) is 30.6 Å². The van der Waals surface area contributed by atoms with Gasteiger partial charge in [-0.3, -0.25) is 9.80 Å². The molecule has 0 bridgehead atoms. The first-order valence-corrected chi connectivity index (χ1v) is 11.5. The number of likely N-dealkylation sites (tertiary alicyclic amines) is 1. The molecule has 0 aromatic carbocycles. The number of hydrogen-bond acceptors (Lipinski definition) is 8. The molecule has 2 aromatic rings. The molecule has 2 atom stereocenters. The number of ether oxygens (including phenoxy) is 2. The van der Waals surface area contributed by atoms with E-state index in [0.717, 1.165) is 49.2 Å². The number of alkyl halides is 1. The molecule has 2 fully saturated rings. The maximum atomic E-state index is 6.40. The molecule has 0 radical (unpaired) electrons.